The number of nitrogen functional groups attached to an aromatic ring is 1. The van der Waals surface area contributed by atoms with Crippen molar-refractivity contribution < 1.29 is 9.53 Å². The van der Waals surface area contributed by atoms with Crippen molar-refractivity contribution in [1.82, 2.24) is 15.0 Å². The fraction of sp³-hybridized carbons (Fsp3) is 0.333. The maximum Gasteiger partial charge on any atom is 0.249 e. The van der Waals surface area contributed by atoms with Crippen LogP contribution < -0.4 is 11.1 Å². The molecule has 4 heterocycles. The number of hydrogen-bond donors (Lipinski definition) is 2. The molecule has 2 aliphatic rings. The van der Waals surface area contributed by atoms with Crippen LogP contribution in [-0.4, -0.2) is 34.1 Å². The lowest BCUT2D eigenvalue weighted by Gasteiger charge is -2.46. The minimum atomic E-state index is -0.144. The Morgan fingerprint density at radius 2 is 2.03 bits per heavy atom. The Morgan fingerprint density at radius 1 is 1.23 bits per heavy atom. The molecule has 2 fully saturated rings. The van der Waals surface area contributed by atoms with Crippen molar-refractivity contribution in [3.05, 3.63) is 54.0 Å². The number of ether oxygens (including phenoxy) is 1. The van der Waals surface area contributed by atoms with Gasteiger partial charge in [0.25, 0.3) is 0 Å². The normalized spacial score (nSPS) is 17.4. The van der Waals surface area contributed by atoms with Crippen LogP contribution in [0.2, 0.25) is 0 Å². The van der Waals surface area contributed by atoms with Crippen LogP contribution in [0.3, 0.4) is 0 Å². The van der Waals surface area contributed by atoms with Gasteiger partial charge in [0.1, 0.15) is 11.6 Å². The van der Waals surface area contributed by atoms with Gasteiger partial charge in [-0.25, -0.2) is 9.97 Å². The number of aromatic nitrogens is 3. The van der Waals surface area contributed by atoms with Gasteiger partial charge in [0, 0.05) is 48.8 Å². The van der Waals surface area contributed by atoms with Gasteiger partial charge in [0.05, 0.1) is 5.69 Å². The van der Waals surface area contributed by atoms with E-state index in [0.717, 1.165) is 66.5 Å². The molecule has 3 aromatic rings. The summed E-state index contributed by atoms with van der Waals surface area (Å²) in [5, 5.41) is 4.51. The summed E-state index contributed by atoms with van der Waals surface area (Å²) in [5.74, 6) is 0.752. The fourth-order valence-electron chi connectivity index (χ4n) is 4.63. The molecule has 3 N–H and O–H groups in total. The van der Waals surface area contributed by atoms with Crippen molar-refractivity contribution in [2.24, 2.45) is 5.41 Å². The first-order valence-electron chi connectivity index (χ1n) is 10.6. The highest BCUT2D eigenvalue weighted by Gasteiger charge is 2.41. The smallest absolute Gasteiger partial charge is 0.249 e. The van der Waals surface area contributed by atoms with Gasteiger partial charge in [-0.3, -0.25) is 9.78 Å². The number of carbonyl (C=O) groups excluding carboxylic acids is 1. The lowest BCUT2D eigenvalue weighted by atomic mass is 9.61. The quantitative estimate of drug-likeness (QED) is 0.626. The van der Waals surface area contributed by atoms with E-state index in [1.54, 1.807) is 24.7 Å². The van der Waals surface area contributed by atoms with Crippen molar-refractivity contribution >= 4 is 28.3 Å². The molecule has 1 saturated heterocycles. The zero-order valence-electron chi connectivity index (χ0n) is 17.5. The monoisotopic (exact) mass is 415 g/mol. The van der Waals surface area contributed by atoms with E-state index in [2.05, 4.69) is 20.3 Å². The summed E-state index contributed by atoms with van der Waals surface area (Å²) in [7, 11) is 0. The topological polar surface area (TPSA) is 103 Å². The van der Waals surface area contributed by atoms with Gasteiger partial charge >= 0.3 is 0 Å². The van der Waals surface area contributed by atoms with Crippen LogP contribution in [0.15, 0.2) is 48.4 Å². The van der Waals surface area contributed by atoms with Crippen LogP contribution in [0.4, 0.5) is 11.6 Å². The number of nitrogens with one attached hydrogen (secondary N) is 1. The van der Waals surface area contributed by atoms with E-state index < -0.39 is 0 Å². The minimum Gasteiger partial charge on any atom is -0.383 e. The Morgan fingerprint density at radius 3 is 2.81 bits per heavy atom. The molecule has 158 valence electrons. The summed E-state index contributed by atoms with van der Waals surface area (Å²) < 4.78 is 5.46. The first-order chi connectivity index (χ1) is 15.0. The predicted octanol–water partition coefficient (Wildman–Crippen LogP) is 4.04. The van der Waals surface area contributed by atoms with E-state index in [1.165, 1.54) is 5.57 Å². The number of pyridine rings is 3. The lowest BCUT2D eigenvalue weighted by Crippen LogP contribution is -2.37. The van der Waals surface area contributed by atoms with Crippen LogP contribution in [0.1, 0.15) is 31.2 Å². The Kier molecular flexibility index (Phi) is 4.90. The van der Waals surface area contributed by atoms with Crippen LogP contribution in [0, 0.1) is 12.3 Å². The summed E-state index contributed by atoms with van der Waals surface area (Å²) in [4.78, 5) is 25.6. The third kappa shape index (κ3) is 3.88. The van der Waals surface area contributed by atoms with Crippen molar-refractivity contribution in [1.29, 1.82) is 0 Å². The molecule has 1 aliphatic carbocycles. The summed E-state index contributed by atoms with van der Waals surface area (Å²) in [6.45, 7) is 3.67. The summed E-state index contributed by atoms with van der Waals surface area (Å²) in [6.07, 6.45) is 11.1. The zero-order valence-corrected chi connectivity index (χ0v) is 17.5. The summed E-state index contributed by atoms with van der Waals surface area (Å²) in [6, 6.07) is 5.72. The lowest BCUT2D eigenvalue weighted by molar-refractivity contribution is -0.112. The van der Waals surface area contributed by atoms with Gasteiger partial charge in [-0.05, 0) is 67.2 Å². The molecule has 31 heavy (non-hydrogen) atoms. The number of fused-ring (bicyclic) bond motifs is 1. The Balaban J connectivity index is 1.35. The van der Waals surface area contributed by atoms with E-state index >= 15 is 0 Å². The summed E-state index contributed by atoms with van der Waals surface area (Å²) >= 11 is 0. The first-order valence-corrected chi connectivity index (χ1v) is 10.6. The number of carbonyl (C=O) groups is 1. The first kappa shape index (κ1) is 19.6. The second-order valence-corrected chi connectivity index (χ2v) is 8.63. The van der Waals surface area contributed by atoms with Gasteiger partial charge in [-0.15, -0.1) is 0 Å². The molecule has 0 atom stereocenters. The van der Waals surface area contributed by atoms with E-state index in [9.17, 15) is 4.79 Å². The van der Waals surface area contributed by atoms with Crippen molar-refractivity contribution in [2.45, 2.75) is 32.6 Å². The molecular formula is C24H25N5O2. The Hall–Kier alpha value is -3.32. The molecule has 7 heteroatoms. The molecular weight excluding hydrogens is 390 g/mol. The number of hydrogen-bond acceptors (Lipinski definition) is 6. The largest absolute Gasteiger partial charge is 0.383 e. The third-order valence-corrected chi connectivity index (χ3v) is 6.40. The highest BCUT2D eigenvalue weighted by molar-refractivity contribution is 6.01. The average molecular weight is 415 g/mol. The SMILES string of the molecule is Cc1ccncc1-c1cc2cc(NC(=O)C=C3CC4(CCOCC4)C3)ncc2c(N)n1. The van der Waals surface area contributed by atoms with Crippen molar-refractivity contribution in [3.63, 3.8) is 0 Å². The van der Waals surface area contributed by atoms with E-state index in [-0.39, 0.29) is 5.91 Å². The number of aryl methyl sites for hydroxylation is 1. The standard InChI is InChI=1S/C24H25N5O2/c1-15-2-5-26-13-18(15)20-9-17-10-21(27-14-19(17)23(25)28-20)29-22(30)8-16-11-24(12-16)3-6-31-7-4-24/h2,5,8-10,13-14H,3-4,6-7,11-12H2,1H3,(H2,25,28)(H,27,29,30). The molecule has 0 unspecified atom stereocenters. The number of rotatable bonds is 3. The molecule has 0 aromatic carbocycles. The maximum absolute atomic E-state index is 12.5. The molecule has 3 aromatic heterocycles. The maximum atomic E-state index is 12.5. The fourth-order valence-corrected chi connectivity index (χ4v) is 4.63. The highest BCUT2D eigenvalue weighted by atomic mass is 16.5. The van der Waals surface area contributed by atoms with Crippen LogP contribution in [0.5, 0.6) is 0 Å². The molecule has 1 saturated carbocycles. The molecule has 0 bridgehead atoms. The molecule has 0 radical (unpaired) electrons. The van der Waals surface area contributed by atoms with E-state index in [1.807, 2.05) is 25.1 Å². The van der Waals surface area contributed by atoms with E-state index in [4.69, 9.17) is 10.5 Å². The highest BCUT2D eigenvalue weighted by Crippen LogP contribution is 2.51. The van der Waals surface area contributed by atoms with Gasteiger partial charge in [-0.2, -0.15) is 0 Å². The number of allylic oxidation sites excluding steroid dienone is 1. The second kappa shape index (κ2) is 7.74. The zero-order chi connectivity index (χ0) is 21.4. The average Bonchev–Trinajstić information content (AvgIpc) is 2.73. The molecule has 1 spiro atoms. The van der Waals surface area contributed by atoms with Crippen molar-refractivity contribution in [3.8, 4) is 11.3 Å². The molecule has 7 nitrogen and oxygen atoms in total. The number of amides is 1. The summed E-state index contributed by atoms with van der Waals surface area (Å²) in [5.41, 5.74) is 10.5. The van der Waals surface area contributed by atoms with Crippen LogP contribution in [0.25, 0.3) is 22.0 Å². The van der Waals surface area contributed by atoms with Crippen molar-refractivity contribution in [2.75, 3.05) is 24.3 Å². The predicted molar refractivity (Wildman–Crippen MR) is 120 cm³/mol. The van der Waals surface area contributed by atoms with Gasteiger partial charge < -0.3 is 15.8 Å². The minimum absolute atomic E-state index is 0.144. The third-order valence-electron chi connectivity index (χ3n) is 6.40. The van der Waals surface area contributed by atoms with Gasteiger partial charge in [0.15, 0.2) is 0 Å². The Bertz CT molecular complexity index is 1190. The number of nitrogens with zero attached hydrogens (tertiary/aromatic N) is 3. The van der Waals surface area contributed by atoms with Gasteiger partial charge in [0.2, 0.25) is 5.91 Å². The molecule has 1 aliphatic heterocycles. The van der Waals surface area contributed by atoms with Crippen LogP contribution >= 0.6 is 0 Å². The number of nitrogens with two attached hydrogens (primary N) is 1. The van der Waals surface area contributed by atoms with Crippen LogP contribution in [-0.2, 0) is 9.53 Å². The Labute approximate surface area is 180 Å². The van der Waals surface area contributed by atoms with E-state index in [0.29, 0.717) is 17.1 Å². The van der Waals surface area contributed by atoms with Gasteiger partial charge in [-0.1, -0.05) is 5.57 Å². The second-order valence-electron chi connectivity index (χ2n) is 8.63. The molecule has 1 amide bonds. The molecule has 5 rings (SSSR count). The number of anilines is 2.